The van der Waals surface area contributed by atoms with Crippen molar-refractivity contribution in [2.45, 2.75) is 19.9 Å². The van der Waals surface area contributed by atoms with Gasteiger partial charge in [-0.2, -0.15) is 0 Å². The third-order valence-electron chi connectivity index (χ3n) is 5.08. The van der Waals surface area contributed by atoms with Gasteiger partial charge in [0.2, 0.25) is 5.76 Å². The molecule has 1 aliphatic heterocycles. The summed E-state index contributed by atoms with van der Waals surface area (Å²) in [7, 11) is 0. The predicted molar refractivity (Wildman–Crippen MR) is 113 cm³/mol. The molecular formula is C23H20ClNO4. The molecule has 0 spiro atoms. The van der Waals surface area contributed by atoms with Crippen LogP contribution in [0.5, 0.6) is 5.75 Å². The van der Waals surface area contributed by atoms with Crippen molar-refractivity contribution in [3.8, 4) is 5.75 Å². The zero-order valence-electron chi connectivity index (χ0n) is 16.2. The van der Waals surface area contributed by atoms with Crippen molar-refractivity contribution in [3.63, 3.8) is 0 Å². The normalized spacial score (nSPS) is 15.6. The molecule has 2 aromatic carbocycles. The fourth-order valence-corrected chi connectivity index (χ4v) is 3.89. The first kappa shape index (κ1) is 19.3. The van der Waals surface area contributed by atoms with Crippen LogP contribution in [0.4, 0.5) is 0 Å². The molecule has 1 amide bonds. The van der Waals surface area contributed by atoms with Crippen LogP contribution in [0.1, 0.15) is 40.2 Å². The van der Waals surface area contributed by atoms with Crippen LogP contribution >= 0.6 is 11.6 Å². The maximum atomic E-state index is 13.4. The first-order valence-electron chi connectivity index (χ1n) is 9.37. The number of ether oxygens (including phenoxy) is 1. The van der Waals surface area contributed by atoms with Gasteiger partial charge in [-0.05, 0) is 49.2 Å². The van der Waals surface area contributed by atoms with Crippen LogP contribution in [0.15, 0.2) is 58.3 Å². The van der Waals surface area contributed by atoms with E-state index in [1.807, 2.05) is 38.1 Å². The topological polar surface area (TPSA) is 59.8 Å². The summed E-state index contributed by atoms with van der Waals surface area (Å²) in [5, 5.41) is 0.846. The van der Waals surface area contributed by atoms with Crippen LogP contribution in [0.3, 0.4) is 0 Å². The molecule has 0 bridgehead atoms. The fraction of sp³-hybridized carbons (Fsp3) is 0.217. The van der Waals surface area contributed by atoms with Crippen molar-refractivity contribution < 1.29 is 13.9 Å². The Morgan fingerprint density at radius 3 is 2.62 bits per heavy atom. The van der Waals surface area contributed by atoms with E-state index in [4.69, 9.17) is 20.8 Å². The van der Waals surface area contributed by atoms with Gasteiger partial charge in [0.15, 0.2) is 5.43 Å². The number of fused-ring (bicyclic) bond motifs is 2. The van der Waals surface area contributed by atoms with Gasteiger partial charge in [-0.3, -0.25) is 9.59 Å². The first-order chi connectivity index (χ1) is 14.0. The number of nitrogens with zero attached hydrogens (tertiary/aromatic N) is 1. The van der Waals surface area contributed by atoms with Crippen molar-refractivity contribution in [2.75, 3.05) is 13.2 Å². The second-order valence-corrected chi connectivity index (χ2v) is 7.33. The van der Waals surface area contributed by atoms with Crippen LogP contribution in [0.25, 0.3) is 11.0 Å². The van der Waals surface area contributed by atoms with Gasteiger partial charge in [0, 0.05) is 11.6 Å². The molecule has 1 atom stereocenters. The SMILES string of the molecule is C=CCN1C(=O)c2oc3cc(C)c(Cl)cc3c(=O)c2C1c1ccc(OCC)cc1. The highest BCUT2D eigenvalue weighted by Gasteiger charge is 2.42. The lowest BCUT2D eigenvalue weighted by Gasteiger charge is -2.23. The molecule has 0 radical (unpaired) electrons. The molecule has 1 unspecified atom stereocenters. The van der Waals surface area contributed by atoms with Crippen LogP contribution in [-0.4, -0.2) is 24.0 Å². The Balaban J connectivity index is 1.95. The van der Waals surface area contributed by atoms with Gasteiger partial charge in [-0.15, -0.1) is 6.58 Å². The van der Waals surface area contributed by atoms with E-state index in [9.17, 15) is 9.59 Å². The number of carbonyl (C=O) groups excluding carboxylic acids is 1. The minimum atomic E-state index is -0.563. The third kappa shape index (κ3) is 3.12. The zero-order valence-corrected chi connectivity index (χ0v) is 17.0. The summed E-state index contributed by atoms with van der Waals surface area (Å²) >= 11 is 6.23. The van der Waals surface area contributed by atoms with Crippen molar-refractivity contribution in [1.82, 2.24) is 4.90 Å². The molecule has 29 heavy (non-hydrogen) atoms. The Bertz CT molecular complexity index is 1180. The Labute approximate surface area is 173 Å². The summed E-state index contributed by atoms with van der Waals surface area (Å²) in [6, 6.07) is 10.1. The van der Waals surface area contributed by atoms with Gasteiger partial charge in [-0.1, -0.05) is 29.8 Å². The second kappa shape index (κ2) is 7.41. The summed E-state index contributed by atoms with van der Waals surface area (Å²) in [5.74, 6) is 0.471. The maximum absolute atomic E-state index is 13.4. The summed E-state index contributed by atoms with van der Waals surface area (Å²) in [6.45, 7) is 8.33. The largest absolute Gasteiger partial charge is 0.494 e. The Morgan fingerprint density at radius 1 is 1.24 bits per heavy atom. The standard InChI is InChI=1S/C23H20ClNO4/c1-4-10-25-20(14-6-8-15(9-7-14)28-5-2)19-21(26)16-12-17(24)13(3)11-18(16)29-22(19)23(25)27/h4,6-9,11-12,20H,1,5,10H2,2-3H3. The van der Waals surface area contributed by atoms with Crippen LogP contribution in [0.2, 0.25) is 5.02 Å². The van der Waals surface area contributed by atoms with Crippen LogP contribution in [0, 0.1) is 6.92 Å². The van der Waals surface area contributed by atoms with Gasteiger partial charge in [0.25, 0.3) is 5.91 Å². The van der Waals surface area contributed by atoms with Crippen LogP contribution in [-0.2, 0) is 0 Å². The number of hydrogen-bond acceptors (Lipinski definition) is 4. The lowest BCUT2D eigenvalue weighted by molar-refractivity contribution is 0.0748. The summed E-state index contributed by atoms with van der Waals surface area (Å²) < 4.78 is 11.4. The quantitative estimate of drug-likeness (QED) is 0.563. The molecule has 1 aliphatic rings. The van der Waals surface area contributed by atoms with Crippen molar-refractivity contribution in [2.24, 2.45) is 0 Å². The number of halogens is 1. The van der Waals surface area contributed by atoms with E-state index in [1.165, 1.54) is 0 Å². The number of carbonyl (C=O) groups is 1. The summed E-state index contributed by atoms with van der Waals surface area (Å²) in [5.41, 5.74) is 2.01. The molecule has 148 valence electrons. The summed E-state index contributed by atoms with van der Waals surface area (Å²) in [6.07, 6.45) is 1.64. The Kier molecular flexibility index (Phi) is 4.92. The third-order valence-corrected chi connectivity index (χ3v) is 5.49. The molecule has 1 aromatic heterocycles. The Hall–Kier alpha value is -3.05. The Morgan fingerprint density at radius 2 is 1.97 bits per heavy atom. The van der Waals surface area contributed by atoms with Gasteiger partial charge in [-0.25, -0.2) is 0 Å². The van der Waals surface area contributed by atoms with E-state index in [0.29, 0.717) is 28.2 Å². The maximum Gasteiger partial charge on any atom is 0.291 e. The van der Waals surface area contributed by atoms with Crippen molar-refractivity contribution in [3.05, 3.63) is 86.7 Å². The summed E-state index contributed by atoms with van der Waals surface area (Å²) in [4.78, 5) is 28.1. The van der Waals surface area contributed by atoms with Crippen molar-refractivity contribution >= 4 is 28.5 Å². The lowest BCUT2D eigenvalue weighted by atomic mass is 9.98. The highest BCUT2D eigenvalue weighted by atomic mass is 35.5. The molecule has 0 saturated carbocycles. The molecule has 0 N–H and O–H groups in total. The fourth-order valence-electron chi connectivity index (χ4n) is 3.73. The number of hydrogen-bond donors (Lipinski definition) is 0. The predicted octanol–water partition coefficient (Wildman–Crippen LogP) is 4.88. The minimum Gasteiger partial charge on any atom is -0.494 e. The monoisotopic (exact) mass is 409 g/mol. The molecule has 2 heterocycles. The number of benzene rings is 2. The van der Waals surface area contributed by atoms with Crippen LogP contribution < -0.4 is 10.2 Å². The molecule has 6 heteroatoms. The van der Waals surface area contributed by atoms with E-state index in [1.54, 1.807) is 23.1 Å². The van der Waals surface area contributed by atoms with E-state index < -0.39 is 6.04 Å². The molecule has 3 aromatic rings. The van der Waals surface area contributed by atoms with Gasteiger partial charge >= 0.3 is 0 Å². The van der Waals surface area contributed by atoms with E-state index >= 15 is 0 Å². The van der Waals surface area contributed by atoms with Gasteiger partial charge in [0.1, 0.15) is 11.3 Å². The van der Waals surface area contributed by atoms with Gasteiger partial charge in [0.05, 0.1) is 23.6 Å². The van der Waals surface area contributed by atoms with Crippen molar-refractivity contribution in [1.29, 1.82) is 0 Å². The average Bonchev–Trinajstić information content (AvgIpc) is 2.97. The molecule has 0 saturated heterocycles. The second-order valence-electron chi connectivity index (χ2n) is 6.92. The zero-order chi connectivity index (χ0) is 20.7. The molecular weight excluding hydrogens is 390 g/mol. The number of aryl methyl sites for hydroxylation is 1. The first-order valence-corrected chi connectivity index (χ1v) is 9.75. The number of amides is 1. The molecule has 0 aliphatic carbocycles. The van der Waals surface area contributed by atoms with E-state index in [0.717, 1.165) is 16.9 Å². The average molecular weight is 410 g/mol. The minimum absolute atomic E-state index is 0.0740. The highest BCUT2D eigenvalue weighted by Crippen LogP contribution is 2.39. The van der Waals surface area contributed by atoms with E-state index in [2.05, 4.69) is 6.58 Å². The number of rotatable bonds is 5. The molecule has 4 rings (SSSR count). The molecule has 0 fully saturated rings. The molecule has 5 nitrogen and oxygen atoms in total. The van der Waals surface area contributed by atoms with Gasteiger partial charge < -0.3 is 14.1 Å². The smallest absolute Gasteiger partial charge is 0.291 e. The highest BCUT2D eigenvalue weighted by molar-refractivity contribution is 6.32. The van der Waals surface area contributed by atoms with E-state index in [-0.39, 0.29) is 23.6 Å². The lowest BCUT2D eigenvalue weighted by Crippen LogP contribution is -2.29.